The molecule has 2 amide bonds. The molecular weight excluding hydrogens is 278 g/mol. The average Bonchev–Trinajstić information content (AvgIpc) is 3.13. The van der Waals surface area contributed by atoms with E-state index in [2.05, 4.69) is 15.5 Å². The molecule has 6 heteroatoms. The van der Waals surface area contributed by atoms with Crippen LogP contribution < -0.4 is 10.6 Å². The Hall–Kier alpha value is -0.810. The molecule has 2 aliphatic rings. The van der Waals surface area contributed by atoms with Crippen molar-refractivity contribution in [2.24, 2.45) is 5.92 Å². The summed E-state index contributed by atoms with van der Waals surface area (Å²) in [6.07, 6.45) is 5.04. The van der Waals surface area contributed by atoms with Crippen LogP contribution >= 0.6 is 12.4 Å². The molecule has 5 nitrogen and oxygen atoms in total. The summed E-state index contributed by atoms with van der Waals surface area (Å²) in [5.41, 5.74) is 0. The standard InChI is InChI=1S/C14H25N3O2.ClH/c1-3-8-16-13(18)11-5-4-9-17(11)12(10-6-7-10)14(19)15-2;/h10-12H,3-9H2,1-2H3,(H,15,19)(H,16,18);1H/t11-,12+;/m0./s1. The first-order chi connectivity index (χ1) is 9.19. The Balaban J connectivity index is 0.00000200. The molecule has 0 aromatic carbocycles. The molecule has 0 spiro atoms. The van der Waals surface area contributed by atoms with Gasteiger partial charge in [0.2, 0.25) is 11.8 Å². The fraction of sp³-hybridized carbons (Fsp3) is 0.857. The van der Waals surface area contributed by atoms with Crippen LogP contribution in [0.1, 0.15) is 39.0 Å². The van der Waals surface area contributed by atoms with Crippen LogP contribution in [0.3, 0.4) is 0 Å². The zero-order valence-corrected chi connectivity index (χ0v) is 13.2. The Labute approximate surface area is 127 Å². The number of likely N-dealkylation sites (N-methyl/N-ethyl adjacent to an activating group) is 1. The maximum absolute atomic E-state index is 12.2. The molecule has 116 valence electrons. The fourth-order valence-corrected chi connectivity index (χ4v) is 2.96. The normalized spacial score (nSPS) is 23.8. The molecule has 2 rings (SSSR count). The Kier molecular flexibility index (Phi) is 6.76. The van der Waals surface area contributed by atoms with Gasteiger partial charge < -0.3 is 10.6 Å². The van der Waals surface area contributed by atoms with Gasteiger partial charge >= 0.3 is 0 Å². The highest BCUT2D eigenvalue weighted by Crippen LogP contribution is 2.38. The van der Waals surface area contributed by atoms with E-state index < -0.39 is 0 Å². The first kappa shape index (κ1) is 17.2. The van der Waals surface area contributed by atoms with Gasteiger partial charge in [-0.15, -0.1) is 12.4 Å². The summed E-state index contributed by atoms with van der Waals surface area (Å²) in [7, 11) is 1.68. The lowest BCUT2D eigenvalue weighted by Gasteiger charge is -2.31. The second-order valence-electron chi connectivity index (χ2n) is 5.58. The number of carbonyl (C=O) groups excluding carboxylic acids is 2. The number of hydrogen-bond donors (Lipinski definition) is 2. The molecule has 1 heterocycles. The molecule has 2 N–H and O–H groups in total. The molecule has 2 fully saturated rings. The number of hydrogen-bond acceptors (Lipinski definition) is 3. The van der Waals surface area contributed by atoms with Crippen LogP contribution in [0.2, 0.25) is 0 Å². The number of rotatable bonds is 6. The summed E-state index contributed by atoms with van der Waals surface area (Å²) in [6, 6.07) is -0.223. The number of nitrogens with one attached hydrogen (secondary N) is 2. The maximum Gasteiger partial charge on any atom is 0.237 e. The zero-order chi connectivity index (χ0) is 13.8. The SMILES string of the molecule is CCCNC(=O)[C@@H]1CCCN1[C@@H](C(=O)NC)C1CC1.Cl. The van der Waals surface area contributed by atoms with Crippen molar-refractivity contribution in [3.05, 3.63) is 0 Å². The third kappa shape index (κ3) is 3.85. The van der Waals surface area contributed by atoms with Gasteiger partial charge in [-0.1, -0.05) is 6.92 Å². The van der Waals surface area contributed by atoms with Gasteiger partial charge in [-0.05, 0) is 44.6 Å². The number of carbonyl (C=O) groups is 2. The van der Waals surface area contributed by atoms with E-state index in [9.17, 15) is 9.59 Å². The van der Waals surface area contributed by atoms with Crippen LogP contribution in [0.25, 0.3) is 0 Å². The largest absolute Gasteiger partial charge is 0.358 e. The van der Waals surface area contributed by atoms with Gasteiger partial charge in [-0.25, -0.2) is 0 Å². The minimum Gasteiger partial charge on any atom is -0.358 e. The van der Waals surface area contributed by atoms with E-state index >= 15 is 0 Å². The van der Waals surface area contributed by atoms with E-state index in [0.717, 1.165) is 45.2 Å². The van der Waals surface area contributed by atoms with E-state index in [0.29, 0.717) is 5.92 Å². The van der Waals surface area contributed by atoms with E-state index in [1.54, 1.807) is 7.05 Å². The summed E-state index contributed by atoms with van der Waals surface area (Å²) >= 11 is 0. The van der Waals surface area contributed by atoms with Crippen LogP contribution in [-0.4, -0.2) is 48.9 Å². The minimum atomic E-state index is -0.116. The lowest BCUT2D eigenvalue weighted by Crippen LogP contribution is -2.53. The molecule has 0 aromatic heterocycles. The molecule has 2 atom stereocenters. The van der Waals surface area contributed by atoms with Gasteiger partial charge in [0.1, 0.15) is 0 Å². The van der Waals surface area contributed by atoms with Crippen LogP contribution in [-0.2, 0) is 9.59 Å². The first-order valence-electron chi connectivity index (χ1n) is 7.44. The zero-order valence-electron chi connectivity index (χ0n) is 12.4. The maximum atomic E-state index is 12.2. The molecule has 1 aliphatic heterocycles. The summed E-state index contributed by atoms with van der Waals surface area (Å²) in [4.78, 5) is 26.4. The second-order valence-corrected chi connectivity index (χ2v) is 5.58. The van der Waals surface area contributed by atoms with Gasteiger partial charge in [0.05, 0.1) is 12.1 Å². The van der Waals surface area contributed by atoms with E-state index in [1.165, 1.54) is 0 Å². The summed E-state index contributed by atoms with van der Waals surface area (Å²) in [5, 5.41) is 5.72. The van der Waals surface area contributed by atoms with Crippen molar-refractivity contribution in [1.29, 1.82) is 0 Å². The van der Waals surface area contributed by atoms with Crippen molar-refractivity contribution in [1.82, 2.24) is 15.5 Å². The summed E-state index contributed by atoms with van der Waals surface area (Å²) < 4.78 is 0. The highest BCUT2D eigenvalue weighted by Gasteiger charge is 2.45. The quantitative estimate of drug-likeness (QED) is 0.767. The summed E-state index contributed by atoms with van der Waals surface area (Å²) in [5.74, 6) is 0.603. The van der Waals surface area contributed by atoms with Gasteiger partial charge in [0.15, 0.2) is 0 Å². The van der Waals surface area contributed by atoms with Crippen molar-refractivity contribution in [2.75, 3.05) is 20.1 Å². The molecular formula is C14H26ClN3O2. The van der Waals surface area contributed by atoms with Crippen molar-refractivity contribution in [3.8, 4) is 0 Å². The van der Waals surface area contributed by atoms with Crippen molar-refractivity contribution < 1.29 is 9.59 Å². The minimum absolute atomic E-state index is 0. The number of amides is 2. The third-order valence-corrected chi connectivity index (χ3v) is 4.09. The van der Waals surface area contributed by atoms with Gasteiger partial charge in [-0.2, -0.15) is 0 Å². The highest BCUT2D eigenvalue weighted by atomic mass is 35.5. The van der Waals surface area contributed by atoms with Crippen LogP contribution in [0.15, 0.2) is 0 Å². The van der Waals surface area contributed by atoms with Crippen molar-refractivity contribution >= 4 is 24.2 Å². The monoisotopic (exact) mass is 303 g/mol. The predicted molar refractivity (Wildman–Crippen MR) is 80.9 cm³/mol. The van der Waals surface area contributed by atoms with Crippen molar-refractivity contribution in [2.45, 2.75) is 51.1 Å². The van der Waals surface area contributed by atoms with Crippen LogP contribution in [0.5, 0.6) is 0 Å². The lowest BCUT2D eigenvalue weighted by atomic mass is 10.1. The molecule has 0 bridgehead atoms. The molecule has 1 saturated carbocycles. The Morgan fingerprint density at radius 3 is 2.55 bits per heavy atom. The molecule has 0 aromatic rings. The smallest absolute Gasteiger partial charge is 0.237 e. The Morgan fingerprint density at radius 2 is 2.00 bits per heavy atom. The molecule has 1 aliphatic carbocycles. The topological polar surface area (TPSA) is 61.4 Å². The Morgan fingerprint density at radius 1 is 1.30 bits per heavy atom. The van der Waals surface area contributed by atoms with Crippen molar-refractivity contribution in [3.63, 3.8) is 0 Å². The lowest BCUT2D eigenvalue weighted by molar-refractivity contribution is -0.131. The number of nitrogens with zero attached hydrogens (tertiary/aromatic N) is 1. The Bertz CT molecular complexity index is 347. The van der Waals surface area contributed by atoms with E-state index in [4.69, 9.17) is 0 Å². The number of likely N-dealkylation sites (tertiary alicyclic amines) is 1. The van der Waals surface area contributed by atoms with E-state index in [1.807, 2.05) is 6.92 Å². The molecule has 0 radical (unpaired) electrons. The third-order valence-electron chi connectivity index (χ3n) is 4.09. The first-order valence-corrected chi connectivity index (χ1v) is 7.44. The predicted octanol–water partition coefficient (Wildman–Crippen LogP) is 0.923. The average molecular weight is 304 g/mol. The molecule has 0 unspecified atom stereocenters. The van der Waals surface area contributed by atoms with Gasteiger partial charge in [0.25, 0.3) is 0 Å². The second kappa shape index (κ2) is 7.84. The van der Waals surface area contributed by atoms with Gasteiger partial charge in [0, 0.05) is 13.6 Å². The molecule has 1 saturated heterocycles. The van der Waals surface area contributed by atoms with Crippen LogP contribution in [0.4, 0.5) is 0 Å². The fourth-order valence-electron chi connectivity index (χ4n) is 2.96. The summed E-state index contributed by atoms with van der Waals surface area (Å²) in [6.45, 7) is 3.63. The van der Waals surface area contributed by atoms with Crippen LogP contribution in [0, 0.1) is 5.92 Å². The van der Waals surface area contributed by atoms with E-state index in [-0.39, 0.29) is 36.3 Å². The highest BCUT2D eigenvalue weighted by molar-refractivity contribution is 5.86. The molecule has 20 heavy (non-hydrogen) atoms. The van der Waals surface area contributed by atoms with Gasteiger partial charge in [-0.3, -0.25) is 14.5 Å². The number of halogens is 1.